The molecule has 3 heterocycles. The van der Waals surface area contributed by atoms with Crippen LogP contribution in [0.2, 0.25) is 0 Å². The van der Waals surface area contributed by atoms with Gasteiger partial charge in [0.2, 0.25) is 0 Å². The SMILES string of the molecule is Cc1cnn(-c2cccc(NC[C@H](C)Cn3cccn3)n2)c1. The molecule has 0 saturated heterocycles. The lowest BCUT2D eigenvalue weighted by Gasteiger charge is -2.13. The van der Waals surface area contributed by atoms with Crippen LogP contribution in [0.1, 0.15) is 12.5 Å². The third-order valence-electron chi connectivity index (χ3n) is 3.37. The fourth-order valence-electron chi connectivity index (χ4n) is 2.26. The van der Waals surface area contributed by atoms with Crippen LogP contribution >= 0.6 is 0 Å². The number of aryl methyl sites for hydroxylation is 1. The van der Waals surface area contributed by atoms with Gasteiger partial charge in [-0.05, 0) is 36.6 Å². The maximum Gasteiger partial charge on any atom is 0.155 e. The highest BCUT2D eigenvalue weighted by Crippen LogP contribution is 2.10. The highest BCUT2D eigenvalue weighted by atomic mass is 15.3. The Hall–Kier alpha value is -2.63. The summed E-state index contributed by atoms with van der Waals surface area (Å²) in [6, 6.07) is 7.85. The van der Waals surface area contributed by atoms with Crippen LogP contribution in [0, 0.1) is 12.8 Å². The molecule has 0 unspecified atom stereocenters. The number of aromatic nitrogens is 5. The Kier molecular flexibility index (Phi) is 4.18. The summed E-state index contributed by atoms with van der Waals surface area (Å²) in [5, 5.41) is 11.9. The van der Waals surface area contributed by atoms with Crippen molar-refractivity contribution in [3.63, 3.8) is 0 Å². The van der Waals surface area contributed by atoms with Crippen molar-refractivity contribution in [3.8, 4) is 5.82 Å². The topological polar surface area (TPSA) is 60.6 Å². The summed E-state index contributed by atoms with van der Waals surface area (Å²) in [5.74, 6) is 2.13. The number of hydrogen-bond donors (Lipinski definition) is 1. The molecular weight excluding hydrogens is 276 g/mol. The molecule has 0 aliphatic rings. The molecular formula is C16H20N6. The summed E-state index contributed by atoms with van der Waals surface area (Å²) in [6.45, 7) is 5.93. The minimum atomic E-state index is 0.456. The van der Waals surface area contributed by atoms with Crippen molar-refractivity contribution >= 4 is 5.82 Å². The molecule has 6 nitrogen and oxygen atoms in total. The van der Waals surface area contributed by atoms with Crippen LogP contribution in [-0.4, -0.2) is 31.1 Å². The molecule has 22 heavy (non-hydrogen) atoms. The Bertz CT molecular complexity index is 716. The summed E-state index contributed by atoms with van der Waals surface area (Å²) < 4.78 is 3.73. The zero-order chi connectivity index (χ0) is 15.4. The van der Waals surface area contributed by atoms with E-state index in [1.807, 2.05) is 54.5 Å². The summed E-state index contributed by atoms with van der Waals surface area (Å²) in [5.41, 5.74) is 1.12. The second-order valence-electron chi connectivity index (χ2n) is 5.56. The first kappa shape index (κ1) is 14.3. The number of pyridine rings is 1. The summed E-state index contributed by atoms with van der Waals surface area (Å²) in [7, 11) is 0. The number of hydrogen-bond acceptors (Lipinski definition) is 4. The Labute approximate surface area is 129 Å². The van der Waals surface area contributed by atoms with Gasteiger partial charge in [0.1, 0.15) is 5.82 Å². The van der Waals surface area contributed by atoms with Crippen LogP contribution in [-0.2, 0) is 6.54 Å². The lowest BCUT2D eigenvalue weighted by molar-refractivity contribution is 0.467. The van der Waals surface area contributed by atoms with Crippen molar-refractivity contribution in [2.75, 3.05) is 11.9 Å². The molecule has 3 rings (SSSR count). The van der Waals surface area contributed by atoms with Crippen LogP contribution in [0.15, 0.2) is 49.1 Å². The monoisotopic (exact) mass is 296 g/mol. The van der Waals surface area contributed by atoms with Gasteiger partial charge < -0.3 is 5.32 Å². The Balaban J connectivity index is 1.61. The van der Waals surface area contributed by atoms with Gasteiger partial charge in [0.15, 0.2) is 5.82 Å². The molecule has 6 heteroatoms. The van der Waals surface area contributed by atoms with Gasteiger partial charge in [-0.1, -0.05) is 13.0 Å². The van der Waals surface area contributed by atoms with E-state index in [-0.39, 0.29) is 0 Å². The fraction of sp³-hybridized carbons (Fsp3) is 0.312. The van der Waals surface area contributed by atoms with Crippen molar-refractivity contribution < 1.29 is 0 Å². The van der Waals surface area contributed by atoms with E-state index < -0.39 is 0 Å². The number of nitrogens with zero attached hydrogens (tertiary/aromatic N) is 5. The summed E-state index contributed by atoms with van der Waals surface area (Å²) >= 11 is 0. The molecule has 0 amide bonds. The van der Waals surface area contributed by atoms with Gasteiger partial charge in [-0.3, -0.25) is 4.68 Å². The van der Waals surface area contributed by atoms with Crippen molar-refractivity contribution in [3.05, 3.63) is 54.6 Å². The number of nitrogens with one attached hydrogen (secondary N) is 1. The zero-order valence-corrected chi connectivity index (χ0v) is 12.8. The van der Waals surface area contributed by atoms with Gasteiger partial charge in [-0.15, -0.1) is 0 Å². The second kappa shape index (κ2) is 6.43. The number of anilines is 1. The van der Waals surface area contributed by atoms with Crippen LogP contribution in [0.3, 0.4) is 0 Å². The molecule has 0 bridgehead atoms. The average Bonchev–Trinajstić information content (AvgIpc) is 3.17. The largest absolute Gasteiger partial charge is 0.370 e. The molecule has 114 valence electrons. The maximum absolute atomic E-state index is 4.59. The molecule has 3 aromatic rings. The van der Waals surface area contributed by atoms with Crippen LogP contribution < -0.4 is 5.32 Å². The Morgan fingerprint density at radius 2 is 2.14 bits per heavy atom. The molecule has 3 aromatic heterocycles. The minimum absolute atomic E-state index is 0.456. The van der Waals surface area contributed by atoms with E-state index in [0.717, 1.165) is 30.3 Å². The smallest absolute Gasteiger partial charge is 0.155 e. The normalized spacial score (nSPS) is 12.3. The molecule has 0 fully saturated rings. The van der Waals surface area contributed by atoms with Crippen molar-refractivity contribution in [1.82, 2.24) is 24.5 Å². The van der Waals surface area contributed by atoms with E-state index in [1.54, 1.807) is 10.9 Å². The standard InChI is InChI=1S/C16H20N6/c1-13(11-21-8-4-7-18-21)9-17-15-5-3-6-16(20-15)22-12-14(2)10-19-22/h3-8,10,12-13H,9,11H2,1-2H3,(H,17,20)/t13-/m0/s1. The van der Waals surface area contributed by atoms with E-state index >= 15 is 0 Å². The van der Waals surface area contributed by atoms with Crippen molar-refractivity contribution in [2.24, 2.45) is 5.92 Å². The molecule has 0 aliphatic heterocycles. The summed E-state index contributed by atoms with van der Waals surface area (Å²) in [4.78, 5) is 4.59. The van der Waals surface area contributed by atoms with E-state index in [0.29, 0.717) is 5.92 Å². The lowest BCUT2D eigenvalue weighted by Crippen LogP contribution is -2.18. The van der Waals surface area contributed by atoms with Crippen LogP contribution in [0.4, 0.5) is 5.82 Å². The van der Waals surface area contributed by atoms with Crippen LogP contribution in [0.25, 0.3) is 5.82 Å². The first-order valence-electron chi connectivity index (χ1n) is 7.41. The predicted octanol–water partition coefficient (Wildman–Crippen LogP) is 2.52. The van der Waals surface area contributed by atoms with Crippen molar-refractivity contribution in [1.29, 1.82) is 0 Å². The van der Waals surface area contributed by atoms with E-state index in [9.17, 15) is 0 Å². The molecule has 1 N–H and O–H groups in total. The highest BCUT2D eigenvalue weighted by molar-refractivity contribution is 5.39. The van der Waals surface area contributed by atoms with Crippen molar-refractivity contribution in [2.45, 2.75) is 20.4 Å². The Morgan fingerprint density at radius 3 is 2.86 bits per heavy atom. The lowest BCUT2D eigenvalue weighted by atomic mass is 10.2. The van der Waals surface area contributed by atoms with Gasteiger partial charge in [-0.2, -0.15) is 10.2 Å². The molecule has 1 atom stereocenters. The first-order chi connectivity index (χ1) is 10.7. The molecule has 0 spiro atoms. The molecule has 0 radical (unpaired) electrons. The summed E-state index contributed by atoms with van der Waals surface area (Å²) in [6.07, 6.45) is 7.58. The molecule has 0 aliphatic carbocycles. The third-order valence-corrected chi connectivity index (χ3v) is 3.37. The second-order valence-corrected chi connectivity index (χ2v) is 5.56. The van der Waals surface area contributed by atoms with Gasteiger partial charge in [0.25, 0.3) is 0 Å². The molecule has 0 saturated carbocycles. The van der Waals surface area contributed by atoms with E-state index in [2.05, 4.69) is 27.4 Å². The fourth-order valence-corrected chi connectivity index (χ4v) is 2.26. The van der Waals surface area contributed by atoms with E-state index in [1.165, 1.54) is 0 Å². The Morgan fingerprint density at radius 1 is 1.23 bits per heavy atom. The quantitative estimate of drug-likeness (QED) is 0.759. The highest BCUT2D eigenvalue weighted by Gasteiger charge is 2.05. The van der Waals surface area contributed by atoms with Gasteiger partial charge in [0.05, 0.1) is 6.20 Å². The predicted molar refractivity (Wildman–Crippen MR) is 86.0 cm³/mol. The van der Waals surface area contributed by atoms with Crippen LogP contribution in [0.5, 0.6) is 0 Å². The average molecular weight is 296 g/mol. The van der Waals surface area contributed by atoms with E-state index in [4.69, 9.17) is 0 Å². The maximum atomic E-state index is 4.59. The van der Waals surface area contributed by atoms with Gasteiger partial charge in [-0.25, -0.2) is 9.67 Å². The zero-order valence-electron chi connectivity index (χ0n) is 12.8. The minimum Gasteiger partial charge on any atom is -0.370 e. The molecule has 0 aromatic carbocycles. The van der Waals surface area contributed by atoms with Gasteiger partial charge >= 0.3 is 0 Å². The third kappa shape index (κ3) is 3.52. The first-order valence-corrected chi connectivity index (χ1v) is 7.41. The number of rotatable bonds is 6. The van der Waals surface area contributed by atoms with Gasteiger partial charge in [0, 0.05) is 31.7 Å².